The Kier molecular flexibility index (Phi) is 4.82. The van der Waals surface area contributed by atoms with Gasteiger partial charge >= 0.3 is 0 Å². The van der Waals surface area contributed by atoms with Gasteiger partial charge in [0.25, 0.3) is 0 Å². The molecular weight excluding hydrogens is 252 g/mol. The minimum Gasteiger partial charge on any atom is -0.496 e. The SMILES string of the molecule is CCC(Nc1cccnc1OC)c1ccccc1OC. The van der Waals surface area contributed by atoms with Gasteiger partial charge in [0.1, 0.15) is 5.75 Å². The molecule has 1 N–H and O–H groups in total. The molecule has 106 valence electrons. The van der Waals surface area contributed by atoms with Crippen molar-refractivity contribution in [2.45, 2.75) is 19.4 Å². The number of pyridine rings is 1. The highest BCUT2D eigenvalue weighted by Crippen LogP contribution is 2.32. The number of hydrogen-bond acceptors (Lipinski definition) is 4. The summed E-state index contributed by atoms with van der Waals surface area (Å²) >= 11 is 0. The maximum atomic E-state index is 5.44. The normalized spacial score (nSPS) is 11.8. The predicted molar refractivity (Wildman–Crippen MR) is 80.4 cm³/mol. The average Bonchev–Trinajstić information content (AvgIpc) is 2.53. The molecule has 2 aromatic rings. The van der Waals surface area contributed by atoms with Gasteiger partial charge in [0.05, 0.1) is 25.9 Å². The number of anilines is 1. The molecule has 0 aliphatic carbocycles. The summed E-state index contributed by atoms with van der Waals surface area (Å²) in [5, 5.41) is 3.47. The van der Waals surface area contributed by atoms with Crippen molar-refractivity contribution >= 4 is 5.69 Å². The largest absolute Gasteiger partial charge is 0.496 e. The zero-order chi connectivity index (χ0) is 14.4. The second-order valence-corrected chi connectivity index (χ2v) is 4.41. The molecule has 0 bridgehead atoms. The Balaban J connectivity index is 2.29. The number of nitrogens with one attached hydrogen (secondary N) is 1. The van der Waals surface area contributed by atoms with Gasteiger partial charge in [0.15, 0.2) is 0 Å². The summed E-state index contributed by atoms with van der Waals surface area (Å²) in [5.41, 5.74) is 2.01. The third-order valence-electron chi connectivity index (χ3n) is 3.22. The zero-order valence-corrected chi connectivity index (χ0v) is 12.1. The Morgan fingerprint density at radius 2 is 1.90 bits per heavy atom. The number of ether oxygens (including phenoxy) is 2. The van der Waals surface area contributed by atoms with E-state index in [2.05, 4.69) is 23.3 Å². The number of hydrogen-bond donors (Lipinski definition) is 1. The summed E-state index contributed by atoms with van der Waals surface area (Å²) < 4.78 is 10.7. The molecule has 0 saturated heterocycles. The van der Waals surface area contributed by atoms with Crippen molar-refractivity contribution in [3.8, 4) is 11.6 Å². The summed E-state index contributed by atoms with van der Waals surface area (Å²) in [6.45, 7) is 2.13. The van der Waals surface area contributed by atoms with E-state index in [9.17, 15) is 0 Å². The number of nitrogens with zero attached hydrogens (tertiary/aromatic N) is 1. The Bertz CT molecular complexity index is 558. The van der Waals surface area contributed by atoms with Gasteiger partial charge in [-0.1, -0.05) is 25.1 Å². The number of methoxy groups -OCH3 is 2. The molecule has 1 heterocycles. The van der Waals surface area contributed by atoms with Gasteiger partial charge in [0, 0.05) is 11.8 Å². The third kappa shape index (κ3) is 3.02. The van der Waals surface area contributed by atoms with Gasteiger partial charge < -0.3 is 14.8 Å². The van der Waals surface area contributed by atoms with E-state index < -0.39 is 0 Å². The van der Waals surface area contributed by atoms with Crippen LogP contribution in [0.15, 0.2) is 42.6 Å². The summed E-state index contributed by atoms with van der Waals surface area (Å²) in [4.78, 5) is 4.20. The highest BCUT2D eigenvalue weighted by Gasteiger charge is 2.15. The van der Waals surface area contributed by atoms with Crippen LogP contribution in [-0.2, 0) is 0 Å². The zero-order valence-electron chi connectivity index (χ0n) is 12.1. The van der Waals surface area contributed by atoms with Gasteiger partial charge in [-0.25, -0.2) is 4.98 Å². The molecule has 1 atom stereocenters. The Morgan fingerprint density at radius 3 is 2.60 bits per heavy atom. The maximum Gasteiger partial charge on any atom is 0.237 e. The van der Waals surface area contributed by atoms with Crippen LogP contribution in [0.3, 0.4) is 0 Å². The van der Waals surface area contributed by atoms with Crippen molar-refractivity contribution in [1.82, 2.24) is 4.98 Å². The molecule has 1 aromatic carbocycles. The van der Waals surface area contributed by atoms with Crippen LogP contribution in [-0.4, -0.2) is 19.2 Å². The van der Waals surface area contributed by atoms with Crippen molar-refractivity contribution in [3.63, 3.8) is 0 Å². The fourth-order valence-electron chi connectivity index (χ4n) is 2.21. The minimum absolute atomic E-state index is 0.143. The van der Waals surface area contributed by atoms with E-state index >= 15 is 0 Å². The molecule has 0 spiro atoms. The van der Waals surface area contributed by atoms with Crippen LogP contribution >= 0.6 is 0 Å². The van der Waals surface area contributed by atoms with E-state index in [1.165, 1.54) is 0 Å². The standard InChI is InChI=1S/C16H20N2O2/c1-4-13(12-8-5-6-10-15(12)19-2)18-14-9-7-11-17-16(14)20-3/h5-11,13,18H,4H2,1-3H3. The van der Waals surface area contributed by atoms with Crippen LogP contribution in [0.5, 0.6) is 11.6 Å². The van der Waals surface area contributed by atoms with E-state index in [1.807, 2.05) is 30.3 Å². The molecule has 1 aromatic heterocycles. The lowest BCUT2D eigenvalue weighted by molar-refractivity contribution is 0.397. The molecule has 4 heteroatoms. The molecule has 20 heavy (non-hydrogen) atoms. The van der Waals surface area contributed by atoms with Crippen molar-refractivity contribution in [2.75, 3.05) is 19.5 Å². The highest BCUT2D eigenvalue weighted by molar-refractivity contribution is 5.54. The first kappa shape index (κ1) is 14.2. The summed E-state index contributed by atoms with van der Waals surface area (Å²) in [6, 6.07) is 12.0. The van der Waals surface area contributed by atoms with Gasteiger partial charge in [0.2, 0.25) is 5.88 Å². The Hall–Kier alpha value is -2.23. The lowest BCUT2D eigenvalue weighted by Gasteiger charge is -2.21. The van der Waals surface area contributed by atoms with E-state index in [0.717, 1.165) is 23.4 Å². The molecule has 0 aliphatic heterocycles. The van der Waals surface area contributed by atoms with Crippen molar-refractivity contribution in [1.29, 1.82) is 0 Å². The topological polar surface area (TPSA) is 43.4 Å². The number of benzene rings is 1. The molecule has 2 rings (SSSR count). The molecule has 0 aliphatic rings. The maximum absolute atomic E-state index is 5.44. The van der Waals surface area contributed by atoms with Crippen molar-refractivity contribution in [3.05, 3.63) is 48.2 Å². The quantitative estimate of drug-likeness (QED) is 0.871. The summed E-state index contributed by atoms with van der Waals surface area (Å²) in [6.07, 6.45) is 2.65. The molecule has 0 amide bonds. The van der Waals surface area contributed by atoms with Crippen LogP contribution in [0.4, 0.5) is 5.69 Å². The Morgan fingerprint density at radius 1 is 1.10 bits per heavy atom. The summed E-state index contributed by atoms with van der Waals surface area (Å²) in [7, 11) is 3.31. The highest BCUT2D eigenvalue weighted by atomic mass is 16.5. The fourth-order valence-corrected chi connectivity index (χ4v) is 2.21. The van der Waals surface area contributed by atoms with Gasteiger partial charge in [-0.05, 0) is 24.6 Å². The van der Waals surface area contributed by atoms with E-state index in [-0.39, 0.29) is 6.04 Å². The smallest absolute Gasteiger partial charge is 0.237 e. The number of para-hydroxylation sites is 1. The van der Waals surface area contributed by atoms with E-state index in [4.69, 9.17) is 9.47 Å². The fraction of sp³-hybridized carbons (Fsp3) is 0.312. The Labute approximate surface area is 119 Å². The second kappa shape index (κ2) is 6.80. The van der Waals surface area contributed by atoms with Crippen LogP contribution in [0.2, 0.25) is 0 Å². The van der Waals surface area contributed by atoms with E-state index in [1.54, 1.807) is 20.4 Å². The third-order valence-corrected chi connectivity index (χ3v) is 3.22. The molecule has 0 fully saturated rings. The predicted octanol–water partition coefficient (Wildman–Crippen LogP) is 3.66. The van der Waals surface area contributed by atoms with E-state index in [0.29, 0.717) is 5.88 Å². The monoisotopic (exact) mass is 272 g/mol. The molecule has 4 nitrogen and oxygen atoms in total. The molecule has 1 unspecified atom stereocenters. The van der Waals surface area contributed by atoms with Gasteiger partial charge in [-0.15, -0.1) is 0 Å². The van der Waals surface area contributed by atoms with Crippen molar-refractivity contribution in [2.24, 2.45) is 0 Å². The van der Waals surface area contributed by atoms with Gasteiger partial charge in [-0.3, -0.25) is 0 Å². The van der Waals surface area contributed by atoms with Crippen LogP contribution in [0, 0.1) is 0 Å². The van der Waals surface area contributed by atoms with Crippen LogP contribution in [0.1, 0.15) is 24.9 Å². The van der Waals surface area contributed by atoms with Crippen LogP contribution < -0.4 is 14.8 Å². The second-order valence-electron chi connectivity index (χ2n) is 4.41. The lowest BCUT2D eigenvalue weighted by atomic mass is 10.0. The molecular formula is C16H20N2O2. The number of rotatable bonds is 6. The van der Waals surface area contributed by atoms with Crippen molar-refractivity contribution < 1.29 is 9.47 Å². The molecule has 0 radical (unpaired) electrons. The molecule has 0 saturated carbocycles. The van der Waals surface area contributed by atoms with Gasteiger partial charge in [-0.2, -0.15) is 0 Å². The first-order valence-electron chi connectivity index (χ1n) is 6.68. The number of aromatic nitrogens is 1. The lowest BCUT2D eigenvalue weighted by Crippen LogP contribution is -2.12. The first-order valence-corrected chi connectivity index (χ1v) is 6.68. The first-order chi connectivity index (χ1) is 9.80. The van der Waals surface area contributed by atoms with Crippen LogP contribution in [0.25, 0.3) is 0 Å². The minimum atomic E-state index is 0.143. The summed E-state index contributed by atoms with van der Waals surface area (Å²) in [5.74, 6) is 1.48. The average molecular weight is 272 g/mol.